The molecule has 2 nitrogen and oxygen atoms in total. The SMILES string of the molecule is C[C@@H](CN1CCN(Cc2cccc(Cl)c2)CC1)C(F)(F)F. The molecule has 1 aliphatic rings. The third-order valence-electron chi connectivity index (χ3n) is 3.85. The van der Waals surface area contributed by atoms with Gasteiger partial charge in [-0.15, -0.1) is 0 Å². The van der Waals surface area contributed by atoms with Crippen LogP contribution in [0.2, 0.25) is 5.02 Å². The van der Waals surface area contributed by atoms with Crippen molar-refractivity contribution >= 4 is 11.6 Å². The number of piperazine rings is 1. The molecule has 1 atom stereocenters. The Balaban J connectivity index is 1.78. The van der Waals surface area contributed by atoms with E-state index in [9.17, 15) is 13.2 Å². The van der Waals surface area contributed by atoms with E-state index in [1.165, 1.54) is 6.92 Å². The summed E-state index contributed by atoms with van der Waals surface area (Å²) in [6, 6.07) is 7.70. The van der Waals surface area contributed by atoms with Gasteiger partial charge in [-0.3, -0.25) is 4.90 Å². The Morgan fingerprint density at radius 3 is 2.33 bits per heavy atom. The first kappa shape index (κ1) is 16.6. The highest BCUT2D eigenvalue weighted by molar-refractivity contribution is 6.30. The molecule has 1 fully saturated rings. The smallest absolute Gasteiger partial charge is 0.300 e. The topological polar surface area (TPSA) is 6.48 Å². The van der Waals surface area contributed by atoms with Crippen molar-refractivity contribution in [3.8, 4) is 0 Å². The van der Waals surface area contributed by atoms with Gasteiger partial charge in [0.1, 0.15) is 0 Å². The summed E-state index contributed by atoms with van der Waals surface area (Å²) in [5, 5.41) is 0.713. The quantitative estimate of drug-likeness (QED) is 0.835. The fraction of sp³-hybridized carbons (Fsp3) is 0.600. The van der Waals surface area contributed by atoms with Crippen LogP contribution < -0.4 is 0 Å². The molecule has 0 radical (unpaired) electrons. The van der Waals surface area contributed by atoms with Gasteiger partial charge < -0.3 is 4.90 Å². The number of rotatable bonds is 4. The van der Waals surface area contributed by atoms with Crippen LogP contribution >= 0.6 is 11.6 Å². The molecule has 1 saturated heterocycles. The Labute approximate surface area is 128 Å². The predicted molar refractivity (Wildman–Crippen MR) is 78.4 cm³/mol. The van der Waals surface area contributed by atoms with Crippen molar-refractivity contribution in [3.05, 3.63) is 34.9 Å². The van der Waals surface area contributed by atoms with Crippen molar-refractivity contribution < 1.29 is 13.2 Å². The predicted octanol–water partition coefficient (Wildman–Crippen LogP) is 3.66. The van der Waals surface area contributed by atoms with Crippen molar-refractivity contribution in [1.29, 1.82) is 0 Å². The summed E-state index contributed by atoms with van der Waals surface area (Å²) in [4.78, 5) is 4.15. The minimum absolute atomic E-state index is 0.0918. The van der Waals surface area contributed by atoms with Crippen LogP contribution in [0, 0.1) is 5.92 Å². The molecule has 0 unspecified atom stereocenters. The molecule has 1 aliphatic heterocycles. The Morgan fingerprint density at radius 2 is 1.76 bits per heavy atom. The first-order valence-corrected chi connectivity index (χ1v) is 7.48. The lowest BCUT2D eigenvalue weighted by molar-refractivity contribution is -0.174. The summed E-state index contributed by atoms with van der Waals surface area (Å²) in [5.41, 5.74) is 1.14. The summed E-state index contributed by atoms with van der Waals surface area (Å²) >= 11 is 5.95. The summed E-state index contributed by atoms with van der Waals surface area (Å²) in [7, 11) is 0. The van der Waals surface area contributed by atoms with E-state index in [0.717, 1.165) is 25.2 Å². The molecule has 1 aromatic rings. The molecule has 0 amide bonds. The maximum absolute atomic E-state index is 12.6. The molecule has 118 valence electrons. The number of hydrogen-bond acceptors (Lipinski definition) is 2. The summed E-state index contributed by atoms with van der Waals surface area (Å²) in [6.07, 6.45) is -4.10. The van der Waals surface area contributed by atoms with Gasteiger partial charge in [-0.1, -0.05) is 30.7 Å². The zero-order valence-corrected chi connectivity index (χ0v) is 12.8. The average molecular weight is 321 g/mol. The van der Waals surface area contributed by atoms with Crippen LogP contribution in [-0.2, 0) is 6.54 Å². The first-order chi connectivity index (χ1) is 9.84. The molecule has 0 spiro atoms. The van der Waals surface area contributed by atoms with Crippen LogP contribution in [0.15, 0.2) is 24.3 Å². The lowest BCUT2D eigenvalue weighted by Gasteiger charge is -2.36. The van der Waals surface area contributed by atoms with E-state index < -0.39 is 12.1 Å². The standard InChI is InChI=1S/C15H20ClF3N2/c1-12(15(17,18)19)10-20-5-7-21(8-6-20)11-13-3-2-4-14(16)9-13/h2-4,9,12H,5-8,10-11H2,1H3/t12-/m0/s1. The fourth-order valence-corrected chi connectivity index (χ4v) is 2.73. The van der Waals surface area contributed by atoms with E-state index in [2.05, 4.69) is 4.90 Å². The van der Waals surface area contributed by atoms with Crippen LogP contribution in [0.4, 0.5) is 13.2 Å². The molecule has 0 aliphatic carbocycles. The van der Waals surface area contributed by atoms with Gasteiger partial charge >= 0.3 is 6.18 Å². The highest BCUT2D eigenvalue weighted by atomic mass is 35.5. The van der Waals surface area contributed by atoms with E-state index in [1.54, 1.807) is 0 Å². The number of benzene rings is 1. The highest BCUT2D eigenvalue weighted by Crippen LogP contribution is 2.26. The third-order valence-corrected chi connectivity index (χ3v) is 4.09. The lowest BCUT2D eigenvalue weighted by Crippen LogP contribution is -2.48. The van der Waals surface area contributed by atoms with Gasteiger partial charge in [0, 0.05) is 44.3 Å². The summed E-state index contributed by atoms with van der Waals surface area (Å²) in [6.45, 7) is 5.08. The van der Waals surface area contributed by atoms with E-state index in [1.807, 2.05) is 29.2 Å². The number of alkyl halides is 3. The van der Waals surface area contributed by atoms with Crippen LogP contribution in [0.25, 0.3) is 0 Å². The maximum Gasteiger partial charge on any atom is 0.392 e. The van der Waals surface area contributed by atoms with Crippen LogP contribution in [0.1, 0.15) is 12.5 Å². The highest BCUT2D eigenvalue weighted by Gasteiger charge is 2.37. The summed E-state index contributed by atoms with van der Waals surface area (Å²) in [5.74, 6) is -1.27. The first-order valence-electron chi connectivity index (χ1n) is 7.10. The van der Waals surface area contributed by atoms with Crippen molar-refractivity contribution in [3.63, 3.8) is 0 Å². The molecule has 0 bridgehead atoms. The van der Waals surface area contributed by atoms with Gasteiger partial charge in [0.15, 0.2) is 0 Å². The maximum atomic E-state index is 12.6. The van der Waals surface area contributed by atoms with Gasteiger partial charge in [-0.25, -0.2) is 0 Å². The second-order valence-electron chi connectivity index (χ2n) is 5.65. The zero-order chi connectivity index (χ0) is 15.5. The average Bonchev–Trinajstić information content (AvgIpc) is 2.40. The van der Waals surface area contributed by atoms with E-state index in [4.69, 9.17) is 11.6 Å². The van der Waals surface area contributed by atoms with Crippen molar-refractivity contribution in [2.24, 2.45) is 5.92 Å². The number of hydrogen-bond donors (Lipinski definition) is 0. The Bertz CT molecular complexity index is 456. The molecule has 0 saturated carbocycles. The monoisotopic (exact) mass is 320 g/mol. The molecule has 21 heavy (non-hydrogen) atoms. The minimum Gasteiger partial charge on any atom is -0.300 e. The number of nitrogens with zero attached hydrogens (tertiary/aromatic N) is 2. The number of halogens is 4. The largest absolute Gasteiger partial charge is 0.392 e. The molecule has 6 heteroatoms. The normalized spacial score (nSPS) is 19.7. The van der Waals surface area contributed by atoms with E-state index in [-0.39, 0.29) is 6.54 Å². The van der Waals surface area contributed by atoms with E-state index in [0.29, 0.717) is 18.1 Å². The minimum atomic E-state index is -4.10. The van der Waals surface area contributed by atoms with Crippen LogP contribution in [0.3, 0.4) is 0 Å². The van der Waals surface area contributed by atoms with E-state index >= 15 is 0 Å². The van der Waals surface area contributed by atoms with Gasteiger partial charge in [0.25, 0.3) is 0 Å². The molecule has 0 aromatic heterocycles. The Kier molecular flexibility index (Phi) is 5.52. The van der Waals surface area contributed by atoms with Crippen LogP contribution in [-0.4, -0.2) is 48.7 Å². The Hall–Kier alpha value is -0.780. The second-order valence-corrected chi connectivity index (χ2v) is 6.09. The molecule has 1 aromatic carbocycles. The second kappa shape index (κ2) is 6.99. The van der Waals surface area contributed by atoms with Gasteiger partial charge in [0.05, 0.1) is 5.92 Å². The molecular weight excluding hydrogens is 301 g/mol. The van der Waals surface area contributed by atoms with Gasteiger partial charge in [-0.05, 0) is 17.7 Å². The third kappa shape index (κ3) is 5.16. The fourth-order valence-electron chi connectivity index (χ4n) is 2.51. The van der Waals surface area contributed by atoms with Gasteiger partial charge in [0.2, 0.25) is 0 Å². The zero-order valence-electron chi connectivity index (χ0n) is 12.0. The molecule has 0 N–H and O–H groups in total. The van der Waals surface area contributed by atoms with Crippen molar-refractivity contribution in [2.75, 3.05) is 32.7 Å². The van der Waals surface area contributed by atoms with Crippen LogP contribution in [0.5, 0.6) is 0 Å². The lowest BCUT2D eigenvalue weighted by atomic mass is 10.1. The summed E-state index contributed by atoms with van der Waals surface area (Å²) < 4.78 is 37.7. The Morgan fingerprint density at radius 1 is 1.14 bits per heavy atom. The molecule has 2 rings (SSSR count). The van der Waals surface area contributed by atoms with Crippen molar-refractivity contribution in [2.45, 2.75) is 19.6 Å². The van der Waals surface area contributed by atoms with Crippen molar-refractivity contribution in [1.82, 2.24) is 9.80 Å². The molecular formula is C15H20ClF3N2. The van der Waals surface area contributed by atoms with Gasteiger partial charge in [-0.2, -0.15) is 13.2 Å². The molecule has 1 heterocycles.